The molecule has 2 N–H and O–H groups in total. The molecule has 0 amide bonds. The molecule has 33 heavy (non-hydrogen) atoms. The average molecular weight is 441 g/mol. The molecule has 4 rings (SSSR count). The highest BCUT2D eigenvalue weighted by Crippen LogP contribution is 2.30. The summed E-state index contributed by atoms with van der Waals surface area (Å²) in [6.45, 7) is 4.13. The number of carbonyl (C=O) groups is 1. The number of ether oxygens (including phenoxy) is 1. The van der Waals surface area contributed by atoms with Gasteiger partial charge >= 0.3 is 5.97 Å². The maximum atomic E-state index is 12.1. The second-order valence-corrected chi connectivity index (χ2v) is 7.95. The lowest BCUT2D eigenvalue weighted by atomic mass is 10.0. The molecule has 2 aromatic heterocycles. The molecule has 0 bridgehead atoms. The number of pyridine rings is 1. The molecular formula is C26H23N3O4. The van der Waals surface area contributed by atoms with Crippen molar-refractivity contribution in [2.24, 2.45) is 0 Å². The van der Waals surface area contributed by atoms with Crippen LogP contribution in [0.3, 0.4) is 0 Å². The topological polar surface area (TPSA) is 105 Å². The Balaban J connectivity index is 1.60. The highest BCUT2D eigenvalue weighted by atomic mass is 16.5. The van der Waals surface area contributed by atoms with Gasteiger partial charge in [0, 0.05) is 23.7 Å². The minimum absolute atomic E-state index is 0.104. The van der Waals surface area contributed by atoms with E-state index in [0.29, 0.717) is 35.0 Å². The van der Waals surface area contributed by atoms with Gasteiger partial charge in [-0.3, -0.25) is 4.79 Å². The first kappa shape index (κ1) is 22.0. The molecule has 7 nitrogen and oxygen atoms in total. The van der Waals surface area contributed by atoms with E-state index in [1.54, 1.807) is 36.5 Å². The third kappa shape index (κ3) is 5.15. The van der Waals surface area contributed by atoms with Gasteiger partial charge in [0.05, 0.1) is 17.0 Å². The molecule has 0 saturated carbocycles. The van der Waals surface area contributed by atoms with Gasteiger partial charge in [0.2, 0.25) is 0 Å². The largest absolute Gasteiger partial charge is 0.478 e. The Morgan fingerprint density at radius 1 is 1.00 bits per heavy atom. The van der Waals surface area contributed by atoms with Crippen LogP contribution >= 0.6 is 0 Å². The van der Waals surface area contributed by atoms with Crippen LogP contribution < -0.4 is 10.3 Å². The van der Waals surface area contributed by atoms with Gasteiger partial charge in [-0.05, 0) is 66.1 Å². The minimum atomic E-state index is -1.05. The highest BCUT2D eigenvalue weighted by Gasteiger charge is 2.13. The van der Waals surface area contributed by atoms with Crippen LogP contribution in [-0.4, -0.2) is 26.3 Å². The van der Waals surface area contributed by atoms with Crippen molar-refractivity contribution in [3.05, 3.63) is 106 Å². The van der Waals surface area contributed by atoms with Gasteiger partial charge in [0.15, 0.2) is 0 Å². The Bertz CT molecular complexity index is 1330. The summed E-state index contributed by atoms with van der Waals surface area (Å²) in [6.07, 6.45) is 1.88. The molecule has 7 heteroatoms. The molecule has 0 unspecified atom stereocenters. The summed E-state index contributed by atoms with van der Waals surface area (Å²) in [6, 6.07) is 19.4. The van der Waals surface area contributed by atoms with E-state index < -0.39 is 5.97 Å². The Morgan fingerprint density at radius 2 is 1.79 bits per heavy atom. The molecule has 0 aliphatic carbocycles. The standard InChI is InChI=1S/C26H23N3O4/c1-16(2)22-11-12-23(29-28-22)17-7-9-21(10-8-17)33-24-15-20(26(31)32)6-5-18(24)14-19-4-3-13-27-25(19)30/h3-13,15-16H,14H2,1-2H3,(H,27,30)(H,31,32). The summed E-state index contributed by atoms with van der Waals surface area (Å²) in [5.74, 6) is 0.176. The van der Waals surface area contributed by atoms with Crippen molar-refractivity contribution in [3.63, 3.8) is 0 Å². The van der Waals surface area contributed by atoms with Gasteiger partial charge in [0.25, 0.3) is 5.56 Å². The van der Waals surface area contributed by atoms with E-state index in [-0.39, 0.29) is 11.1 Å². The molecule has 0 saturated heterocycles. The predicted molar refractivity (Wildman–Crippen MR) is 125 cm³/mol. The fourth-order valence-electron chi connectivity index (χ4n) is 3.35. The Hall–Kier alpha value is -4.26. The van der Waals surface area contributed by atoms with E-state index in [1.165, 1.54) is 12.1 Å². The quantitative estimate of drug-likeness (QED) is 0.416. The smallest absolute Gasteiger partial charge is 0.335 e. The number of H-pyrrole nitrogens is 1. The molecule has 0 spiro atoms. The number of aromatic amines is 1. The van der Waals surface area contributed by atoms with Crippen molar-refractivity contribution in [1.82, 2.24) is 15.2 Å². The van der Waals surface area contributed by atoms with E-state index in [0.717, 1.165) is 17.0 Å². The van der Waals surface area contributed by atoms with E-state index in [1.807, 2.05) is 24.3 Å². The van der Waals surface area contributed by atoms with Gasteiger partial charge < -0.3 is 14.8 Å². The van der Waals surface area contributed by atoms with Crippen LogP contribution in [0, 0.1) is 0 Å². The first-order chi connectivity index (χ1) is 15.9. The van der Waals surface area contributed by atoms with E-state index in [2.05, 4.69) is 29.0 Å². The summed E-state index contributed by atoms with van der Waals surface area (Å²) >= 11 is 0. The van der Waals surface area contributed by atoms with Crippen molar-refractivity contribution < 1.29 is 14.6 Å². The maximum Gasteiger partial charge on any atom is 0.335 e. The third-order valence-electron chi connectivity index (χ3n) is 5.25. The number of nitrogens with one attached hydrogen (secondary N) is 1. The minimum Gasteiger partial charge on any atom is -0.478 e. The van der Waals surface area contributed by atoms with Gasteiger partial charge in [-0.1, -0.05) is 26.0 Å². The van der Waals surface area contributed by atoms with Crippen molar-refractivity contribution in [3.8, 4) is 22.8 Å². The molecular weight excluding hydrogens is 418 g/mol. The van der Waals surface area contributed by atoms with Crippen LogP contribution in [0.2, 0.25) is 0 Å². The number of aromatic carboxylic acids is 1. The molecule has 0 atom stereocenters. The molecule has 4 aromatic rings. The Morgan fingerprint density at radius 3 is 2.42 bits per heavy atom. The summed E-state index contributed by atoms with van der Waals surface area (Å²) in [7, 11) is 0. The number of aromatic nitrogens is 3. The van der Waals surface area contributed by atoms with Gasteiger partial charge in [-0.25, -0.2) is 4.79 Å². The number of nitrogens with zero attached hydrogens (tertiary/aromatic N) is 2. The molecule has 0 aliphatic rings. The van der Waals surface area contributed by atoms with Gasteiger partial charge in [0.1, 0.15) is 11.5 Å². The number of benzene rings is 2. The van der Waals surface area contributed by atoms with E-state index in [9.17, 15) is 14.7 Å². The first-order valence-electron chi connectivity index (χ1n) is 10.6. The Labute approximate surface area is 190 Å². The summed E-state index contributed by atoms with van der Waals surface area (Å²) in [5, 5.41) is 18.0. The van der Waals surface area contributed by atoms with Crippen LogP contribution in [-0.2, 0) is 6.42 Å². The van der Waals surface area contributed by atoms with Crippen molar-refractivity contribution >= 4 is 5.97 Å². The third-order valence-corrected chi connectivity index (χ3v) is 5.25. The maximum absolute atomic E-state index is 12.1. The second-order valence-electron chi connectivity index (χ2n) is 7.95. The number of carboxylic acids is 1. The zero-order valence-corrected chi connectivity index (χ0v) is 18.3. The fourth-order valence-corrected chi connectivity index (χ4v) is 3.35. The lowest BCUT2D eigenvalue weighted by Crippen LogP contribution is -2.12. The SMILES string of the molecule is CC(C)c1ccc(-c2ccc(Oc3cc(C(=O)O)ccc3Cc3ccc[nH]c3=O)cc2)nn1. The number of rotatable bonds is 7. The summed E-state index contributed by atoms with van der Waals surface area (Å²) < 4.78 is 6.04. The van der Waals surface area contributed by atoms with Crippen LogP contribution in [0.15, 0.2) is 77.7 Å². The lowest BCUT2D eigenvalue weighted by Gasteiger charge is -2.13. The van der Waals surface area contributed by atoms with Crippen molar-refractivity contribution in [1.29, 1.82) is 0 Å². The number of carboxylic acid groups (broad SMARTS) is 1. The number of hydrogen-bond acceptors (Lipinski definition) is 5. The molecule has 0 aliphatic heterocycles. The van der Waals surface area contributed by atoms with Crippen LogP contribution in [0.25, 0.3) is 11.3 Å². The molecule has 2 heterocycles. The zero-order chi connectivity index (χ0) is 23.4. The predicted octanol–water partition coefficient (Wildman–Crippen LogP) is 5.04. The molecule has 0 radical (unpaired) electrons. The van der Waals surface area contributed by atoms with Gasteiger partial charge in [-0.2, -0.15) is 10.2 Å². The first-order valence-corrected chi connectivity index (χ1v) is 10.6. The summed E-state index contributed by atoms with van der Waals surface area (Å²) in [5.41, 5.74) is 3.75. The molecule has 2 aromatic carbocycles. The fraction of sp³-hybridized carbons (Fsp3) is 0.154. The second kappa shape index (κ2) is 9.48. The monoisotopic (exact) mass is 441 g/mol. The van der Waals surface area contributed by atoms with E-state index in [4.69, 9.17) is 4.74 Å². The van der Waals surface area contributed by atoms with Crippen molar-refractivity contribution in [2.45, 2.75) is 26.2 Å². The lowest BCUT2D eigenvalue weighted by molar-refractivity contribution is 0.0696. The van der Waals surface area contributed by atoms with E-state index >= 15 is 0 Å². The van der Waals surface area contributed by atoms with Crippen LogP contribution in [0.1, 0.15) is 46.9 Å². The number of hydrogen-bond donors (Lipinski definition) is 2. The van der Waals surface area contributed by atoms with Crippen LogP contribution in [0.5, 0.6) is 11.5 Å². The zero-order valence-electron chi connectivity index (χ0n) is 18.3. The Kier molecular flexibility index (Phi) is 6.31. The van der Waals surface area contributed by atoms with Gasteiger partial charge in [-0.15, -0.1) is 0 Å². The average Bonchev–Trinajstić information content (AvgIpc) is 2.82. The highest BCUT2D eigenvalue weighted by molar-refractivity contribution is 5.88. The normalized spacial score (nSPS) is 10.9. The van der Waals surface area contributed by atoms with Crippen LogP contribution in [0.4, 0.5) is 0 Å². The molecule has 166 valence electrons. The molecule has 0 fully saturated rings. The van der Waals surface area contributed by atoms with Crippen molar-refractivity contribution in [2.75, 3.05) is 0 Å². The summed E-state index contributed by atoms with van der Waals surface area (Å²) in [4.78, 5) is 26.2.